The van der Waals surface area contributed by atoms with Crippen LogP contribution in [0.5, 0.6) is 0 Å². The number of halogens is 1. The monoisotopic (exact) mass is 348 g/mol. The van der Waals surface area contributed by atoms with Crippen LogP contribution in [0.1, 0.15) is 44.9 Å². The van der Waals surface area contributed by atoms with Crippen molar-refractivity contribution in [3.63, 3.8) is 0 Å². The van der Waals surface area contributed by atoms with Gasteiger partial charge >= 0.3 is 0 Å². The lowest BCUT2D eigenvalue weighted by molar-refractivity contribution is -0.124. The highest BCUT2D eigenvalue weighted by Crippen LogP contribution is 2.61. The minimum atomic E-state index is 0.168. The van der Waals surface area contributed by atoms with Gasteiger partial charge in [0.1, 0.15) is 4.60 Å². The van der Waals surface area contributed by atoms with Gasteiger partial charge in [0.2, 0.25) is 5.91 Å². The van der Waals surface area contributed by atoms with E-state index in [0.717, 1.165) is 28.0 Å². The molecule has 3 nitrogen and oxygen atoms in total. The van der Waals surface area contributed by atoms with Crippen molar-refractivity contribution in [1.82, 2.24) is 4.98 Å². The third-order valence-electron chi connectivity index (χ3n) is 5.71. The van der Waals surface area contributed by atoms with E-state index in [1.165, 1.54) is 38.5 Å². The molecule has 1 aromatic heterocycles. The van der Waals surface area contributed by atoms with Gasteiger partial charge in [0, 0.05) is 6.42 Å². The van der Waals surface area contributed by atoms with Crippen LogP contribution < -0.4 is 5.32 Å². The highest BCUT2D eigenvalue weighted by Gasteiger charge is 2.51. The molecule has 1 amide bonds. The zero-order valence-electron chi connectivity index (χ0n) is 12.1. The highest BCUT2D eigenvalue weighted by molar-refractivity contribution is 9.10. The molecule has 21 heavy (non-hydrogen) atoms. The molecular weight excluding hydrogens is 328 g/mol. The van der Waals surface area contributed by atoms with Crippen molar-refractivity contribution in [3.8, 4) is 0 Å². The molecular formula is C17H21BrN2O. The molecule has 1 aromatic rings. The lowest BCUT2D eigenvalue weighted by atomic mass is 9.49. The zero-order chi connectivity index (χ0) is 14.4. The largest absolute Gasteiger partial charge is 0.325 e. The smallest absolute Gasteiger partial charge is 0.224 e. The fourth-order valence-corrected chi connectivity index (χ4v) is 5.74. The van der Waals surface area contributed by atoms with Crippen molar-refractivity contribution in [2.75, 3.05) is 5.32 Å². The summed E-state index contributed by atoms with van der Waals surface area (Å²) < 4.78 is 0.793. The SMILES string of the molecule is O=C(CC12CC3CC(CC(C3)C1)C2)Nc1ccc(Br)nc1. The average molecular weight is 349 g/mol. The number of amides is 1. The molecule has 0 atom stereocenters. The molecule has 0 spiro atoms. The number of nitrogens with one attached hydrogen (secondary N) is 1. The predicted octanol–water partition coefficient (Wildman–Crippen LogP) is 4.39. The molecule has 0 unspecified atom stereocenters. The van der Waals surface area contributed by atoms with E-state index in [2.05, 4.69) is 26.2 Å². The minimum Gasteiger partial charge on any atom is -0.325 e. The Morgan fingerprint density at radius 3 is 2.33 bits per heavy atom. The number of aromatic nitrogens is 1. The van der Waals surface area contributed by atoms with E-state index in [0.29, 0.717) is 11.8 Å². The van der Waals surface area contributed by atoms with Crippen molar-refractivity contribution in [3.05, 3.63) is 22.9 Å². The summed E-state index contributed by atoms with van der Waals surface area (Å²) in [5.74, 6) is 2.87. The quantitative estimate of drug-likeness (QED) is 0.823. The van der Waals surface area contributed by atoms with Gasteiger partial charge in [-0.3, -0.25) is 4.79 Å². The zero-order valence-corrected chi connectivity index (χ0v) is 13.7. The number of carbonyl (C=O) groups is 1. The first-order valence-electron chi connectivity index (χ1n) is 8.02. The van der Waals surface area contributed by atoms with Crippen molar-refractivity contribution >= 4 is 27.5 Å². The average Bonchev–Trinajstić information content (AvgIpc) is 2.39. The second-order valence-corrected chi connectivity index (χ2v) is 8.32. The van der Waals surface area contributed by atoms with Gasteiger partial charge in [-0.25, -0.2) is 4.98 Å². The number of hydrogen-bond acceptors (Lipinski definition) is 2. The van der Waals surface area contributed by atoms with E-state index < -0.39 is 0 Å². The Morgan fingerprint density at radius 2 is 1.81 bits per heavy atom. The van der Waals surface area contributed by atoms with Crippen LogP contribution in [0.4, 0.5) is 5.69 Å². The molecule has 112 valence electrons. The second kappa shape index (κ2) is 5.08. The van der Waals surface area contributed by atoms with E-state index in [-0.39, 0.29) is 5.91 Å². The molecule has 4 saturated carbocycles. The predicted molar refractivity (Wildman–Crippen MR) is 85.8 cm³/mol. The van der Waals surface area contributed by atoms with Crippen LogP contribution in [0.2, 0.25) is 0 Å². The topological polar surface area (TPSA) is 42.0 Å². The fraction of sp³-hybridized carbons (Fsp3) is 0.647. The highest BCUT2D eigenvalue weighted by atomic mass is 79.9. The molecule has 5 rings (SSSR count). The maximum Gasteiger partial charge on any atom is 0.224 e. The summed E-state index contributed by atoms with van der Waals surface area (Å²) in [6, 6.07) is 3.76. The van der Waals surface area contributed by atoms with Crippen LogP contribution in [-0.4, -0.2) is 10.9 Å². The van der Waals surface area contributed by atoms with Crippen molar-refractivity contribution in [2.45, 2.75) is 44.9 Å². The number of rotatable bonds is 3. The molecule has 0 aromatic carbocycles. The van der Waals surface area contributed by atoms with Crippen molar-refractivity contribution in [1.29, 1.82) is 0 Å². The molecule has 4 heteroatoms. The Balaban J connectivity index is 1.43. The molecule has 0 saturated heterocycles. The van der Waals surface area contributed by atoms with Crippen LogP contribution in [0, 0.1) is 23.2 Å². The molecule has 0 aliphatic heterocycles. The summed E-state index contributed by atoms with van der Waals surface area (Å²) in [5, 5.41) is 3.02. The van der Waals surface area contributed by atoms with Crippen LogP contribution >= 0.6 is 15.9 Å². The van der Waals surface area contributed by atoms with E-state index >= 15 is 0 Å². The van der Waals surface area contributed by atoms with Gasteiger partial charge in [-0.05, 0) is 89.8 Å². The van der Waals surface area contributed by atoms with Gasteiger partial charge in [-0.2, -0.15) is 0 Å². The lowest BCUT2D eigenvalue weighted by Crippen LogP contribution is -2.47. The Labute approximate surface area is 134 Å². The Hall–Kier alpha value is -0.900. The molecule has 4 bridgehead atoms. The Kier molecular flexibility index (Phi) is 3.32. The third-order valence-corrected chi connectivity index (χ3v) is 6.18. The number of hydrogen-bond donors (Lipinski definition) is 1. The minimum absolute atomic E-state index is 0.168. The van der Waals surface area contributed by atoms with Gasteiger partial charge in [0.25, 0.3) is 0 Å². The van der Waals surface area contributed by atoms with Crippen LogP contribution in [0.25, 0.3) is 0 Å². The fourth-order valence-electron chi connectivity index (χ4n) is 5.50. The molecule has 1 N–H and O–H groups in total. The number of carbonyl (C=O) groups excluding carboxylic acids is 1. The maximum absolute atomic E-state index is 12.4. The molecule has 0 radical (unpaired) electrons. The van der Waals surface area contributed by atoms with Crippen LogP contribution in [0.15, 0.2) is 22.9 Å². The third kappa shape index (κ3) is 2.75. The van der Waals surface area contributed by atoms with Gasteiger partial charge in [-0.15, -0.1) is 0 Å². The van der Waals surface area contributed by atoms with E-state index in [1.54, 1.807) is 6.20 Å². The van der Waals surface area contributed by atoms with Gasteiger partial charge in [-0.1, -0.05) is 0 Å². The lowest BCUT2D eigenvalue weighted by Gasteiger charge is -2.56. The number of pyridine rings is 1. The summed E-state index contributed by atoms with van der Waals surface area (Å²) >= 11 is 3.31. The molecule has 1 heterocycles. The second-order valence-electron chi connectivity index (χ2n) is 7.51. The van der Waals surface area contributed by atoms with E-state index in [1.807, 2.05) is 12.1 Å². The molecule has 4 aliphatic carbocycles. The first-order valence-corrected chi connectivity index (χ1v) is 8.81. The molecule has 4 aliphatic rings. The van der Waals surface area contributed by atoms with Crippen LogP contribution in [0.3, 0.4) is 0 Å². The maximum atomic E-state index is 12.4. The van der Waals surface area contributed by atoms with Crippen molar-refractivity contribution in [2.24, 2.45) is 23.2 Å². The first kappa shape index (κ1) is 13.7. The van der Waals surface area contributed by atoms with Crippen LogP contribution in [-0.2, 0) is 4.79 Å². The summed E-state index contributed by atoms with van der Waals surface area (Å²) in [7, 11) is 0. The summed E-state index contributed by atoms with van der Waals surface area (Å²) in [6.45, 7) is 0. The standard InChI is InChI=1S/C17H21BrN2O/c18-15-2-1-14(10-19-15)20-16(21)9-17-6-11-3-12(7-17)5-13(4-11)8-17/h1-2,10-13H,3-9H2,(H,20,21). The van der Waals surface area contributed by atoms with Gasteiger partial charge in [0.05, 0.1) is 11.9 Å². The molecule has 4 fully saturated rings. The van der Waals surface area contributed by atoms with Gasteiger partial charge < -0.3 is 5.32 Å². The Bertz CT molecular complexity index is 519. The normalized spacial score (nSPS) is 36.7. The summed E-state index contributed by atoms with van der Waals surface area (Å²) in [4.78, 5) is 16.6. The van der Waals surface area contributed by atoms with E-state index in [9.17, 15) is 4.79 Å². The summed E-state index contributed by atoms with van der Waals surface area (Å²) in [6.07, 6.45) is 10.5. The summed E-state index contributed by atoms with van der Waals surface area (Å²) in [5.41, 5.74) is 1.11. The van der Waals surface area contributed by atoms with E-state index in [4.69, 9.17) is 0 Å². The first-order chi connectivity index (χ1) is 10.1. The van der Waals surface area contributed by atoms with Gasteiger partial charge in [0.15, 0.2) is 0 Å². The Morgan fingerprint density at radius 1 is 1.19 bits per heavy atom. The van der Waals surface area contributed by atoms with Crippen molar-refractivity contribution < 1.29 is 4.79 Å². The number of nitrogens with zero attached hydrogens (tertiary/aromatic N) is 1. The number of anilines is 1.